The third-order valence-electron chi connectivity index (χ3n) is 6.06. The fourth-order valence-electron chi connectivity index (χ4n) is 3.59. The highest BCUT2D eigenvalue weighted by Crippen LogP contribution is 2.20. The van der Waals surface area contributed by atoms with Gasteiger partial charge in [0.2, 0.25) is 0 Å². The van der Waals surface area contributed by atoms with Crippen molar-refractivity contribution in [2.45, 2.75) is 27.7 Å². The first-order valence-corrected chi connectivity index (χ1v) is 12.6. The molecule has 4 heteroatoms. The summed E-state index contributed by atoms with van der Waals surface area (Å²) in [7, 11) is 8.11. The van der Waals surface area contributed by atoms with Crippen molar-refractivity contribution >= 4 is 28.5 Å². The molecule has 0 aliphatic heterocycles. The Labute approximate surface area is 230 Å². The van der Waals surface area contributed by atoms with Crippen LogP contribution in [0.25, 0.3) is 0 Å². The number of rotatable bonds is 11. The van der Waals surface area contributed by atoms with Gasteiger partial charge in [0, 0.05) is 56.7 Å². The van der Waals surface area contributed by atoms with E-state index in [1.54, 1.807) is 0 Å². The Hall–Kier alpha value is -4.18. The Morgan fingerprint density at radius 2 is 1.18 bits per heavy atom. The molecule has 0 saturated carbocycles. The smallest absolute Gasteiger partial charge is 0.0634 e. The molecular formula is C34H42N4. The molecule has 0 atom stereocenters. The van der Waals surface area contributed by atoms with Crippen molar-refractivity contribution in [2.75, 3.05) is 38.0 Å². The van der Waals surface area contributed by atoms with E-state index in [0.717, 1.165) is 62.0 Å². The van der Waals surface area contributed by atoms with E-state index in [1.807, 2.05) is 92.3 Å². The number of allylic oxidation sites excluding steroid dienone is 9. The van der Waals surface area contributed by atoms with Crippen LogP contribution in [0.3, 0.4) is 0 Å². The maximum absolute atomic E-state index is 4.75. The third kappa shape index (κ3) is 9.36. The summed E-state index contributed by atoms with van der Waals surface area (Å²) in [4.78, 5) is 13.6. The van der Waals surface area contributed by atoms with Crippen molar-refractivity contribution in [1.29, 1.82) is 0 Å². The van der Waals surface area contributed by atoms with Gasteiger partial charge in [0.1, 0.15) is 0 Å². The Morgan fingerprint density at radius 1 is 0.684 bits per heavy atom. The van der Waals surface area contributed by atoms with Crippen LogP contribution in [0.5, 0.6) is 0 Å². The summed E-state index contributed by atoms with van der Waals surface area (Å²) in [6.07, 6.45) is 7.91. The lowest BCUT2D eigenvalue weighted by atomic mass is 10.0. The molecule has 0 heterocycles. The van der Waals surface area contributed by atoms with E-state index < -0.39 is 0 Å². The van der Waals surface area contributed by atoms with E-state index in [9.17, 15) is 0 Å². The first-order chi connectivity index (χ1) is 17.9. The zero-order valence-electron chi connectivity index (χ0n) is 24.3. The average molecular weight is 507 g/mol. The molecule has 0 amide bonds. The van der Waals surface area contributed by atoms with E-state index in [2.05, 4.69) is 70.9 Å². The van der Waals surface area contributed by atoms with Crippen LogP contribution < -0.4 is 9.80 Å². The number of hydrogen-bond acceptors (Lipinski definition) is 4. The fraction of sp³-hybridized carbons (Fsp3) is 0.235. The van der Waals surface area contributed by atoms with Crippen molar-refractivity contribution in [3.8, 4) is 0 Å². The van der Waals surface area contributed by atoms with Gasteiger partial charge < -0.3 is 9.80 Å². The van der Waals surface area contributed by atoms with Crippen LogP contribution in [0.15, 0.2) is 131 Å². The number of aliphatic imine (C=N–C) groups is 2. The Balaban J connectivity index is 2.02. The molecule has 0 aliphatic carbocycles. The van der Waals surface area contributed by atoms with Crippen molar-refractivity contribution in [2.24, 2.45) is 9.98 Å². The minimum Gasteiger partial charge on any atom is -0.378 e. The average Bonchev–Trinajstić information content (AvgIpc) is 2.86. The summed E-state index contributed by atoms with van der Waals surface area (Å²) in [5, 5.41) is 0. The second-order valence-electron chi connectivity index (χ2n) is 9.82. The van der Waals surface area contributed by atoms with Crippen LogP contribution in [0.4, 0.5) is 17.1 Å². The standard InChI is InChI=1S/C34H42N4/c1-24(23-28(5)35-30(7)31-14-18-33(19-15-31)37(8)9)22-27(4)25(2)12-13-26(3)29(6)36-32-16-20-34(21-17-32)38(10)11/h12-23H,1-3H2,4-11H3/b13-12-,27-22+,28-23+,35-30?,36-29?. The van der Waals surface area contributed by atoms with Crippen LogP contribution in [-0.4, -0.2) is 39.6 Å². The number of anilines is 2. The summed E-state index contributed by atoms with van der Waals surface area (Å²) in [5.74, 6) is 0. The Kier molecular flexibility index (Phi) is 11.0. The molecule has 0 saturated heterocycles. The lowest BCUT2D eigenvalue weighted by molar-refractivity contribution is 1.13. The maximum Gasteiger partial charge on any atom is 0.0634 e. The molecule has 0 aliphatic rings. The molecule has 0 aromatic heterocycles. The van der Waals surface area contributed by atoms with Crippen molar-refractivity contribution in [3.05, 3.63) is 126 Å². The largest absolute Gasteiger partial charge is 0.378 e. The van der Waals surface area contributed by atoms with Crippen LogP contribution >= 0.6 is 0 Å². The summed E-state index contributed by atoms with van der Waals surface area (Å²) in [6, 6.07) is 16.5. The maximum atomic E-state index is 4.75. The zero-order chi connectivity index (χ0) is 28.4. The van der Waals surface area contributed by atoms with Gasteiger partial charge in [-0.05, 0) is 98.0 Å². The van der Waals surface area contributed by atoms with Crippen molar-refractivity contribution in [1.82, 2.24) is 0 Å². The molecule has 0 unspecified atom stereocenters. The highest BCUT2D eigenvalue weighted by molar-refractivity contribution is 6.01. The van der Waals surface area contributed by atoms with Gasteiger partial charge in [-0.2, -0.15) is 0 Å². The molecule has 2 aromatic rings. The van der Waals surface area contributed by atoms with Gasteiger partial charge in [0.05, 0.1) is 5.69 Å². The molecule has 0 fully saturated rings. The quantitative estimate of drug-likeness (QED) is 0.226. The molecule has 0 spiro atoms. The highest BCUT2D eigenvalue weighted by Gasteiger charge is 2.02. The van der Waals surface area contributed by atoms with Crippen LogP contribution in [0, 0.1) is 0 Å². The fourth-order valence-corrected chi connectivity index (χ4v) is 3.59. The van der Waals surface area contributed by atoms with Gasteiger partial charge in [-0.3, -0.25) is 9.98 Å². The van der Waals surface area contributed by atoms with E-state index in [4.69, 9.17) is 4.99 Å². The van der Waals surface area contributed by atoms with Crippen molar-refractivity contribution in [3.63, 3.8) is 0 Å². The second-order valence-corrected chi connectivity index (χ2v) is 9.82. The second kappa shape index (κ2) is 13.9. The molecule has 198 valence electrons. The van der Waals surface area contributed by atoms with Gasteiger partial charge in [-0.25, -0.2) is 0 Å². The molecule has 2 rings (SSSR count). The lowest BCUT2D eigenvalue weighted by Gasteiger charge is -2.12. The molecule has 38 heavy (non-hydrogen) atoms. The van der Waals surface area contributed by atoms with Gasteiger partial charge in [0.15, 0.2) is 0 Å². The molecule has 0 radical (unpaired) electrons. The minimum atomic E-state index is 0.841. The Bertz CT molecular complexity index is 1310. The van der Waals surface area contributed by atoms with E-state index in [0.29, 0.717) is 0 Å². The Morgan fingerprint density at radius 3 is 1.71 bits per heavy atom. The van der Waals surface area contributed by atoms with Crippen LogP contribution in [0.1, 0.15) is 33.3 Å². The molecule has 0 bridgehead atoms. The number of hydrogen-bond donors (Lipinski definition) is 0. The molecular weight excluding hydrogens is 464 g/mol. The topological polar surface area (TPSA) is 31.2 Å². The summed E-state index contributed by atoms with van der Waals surface area (Å²) < 4.78 is 0. The number of benzene rings is 2. The van der Waals surface area contributed by atoms with Crippen LogP contribution in [0.2, 0.25) is 0 Å². The predicted octanol–water partition coefficient (Wildman–Crippen LogP) is 8.50. The summed E-state index contributed by atoms with van der Waals surface area (Å²) in [6.45, 7) is 20.5. The summed E-state index contributed by atoms with van der Waals surface area (Å²) in [5.41, 5.74) is 10.7. The first-order valence-electron chi connectivity index (χ1n) is 12.6. The lowest BCUT2D eigenvalue weighted by Crippen LogP contribution is -2.08. The van der Waals surface area contributed by atoms with Crippen molar-refractivity contribution < 1.29 is 0 Å². The van der Waals surface area contributed by atoms with Crippen LogP contribution in [-0.2, 0) is 0 Å². The highest BCUT2D eigenvalue weighted by atomic mass is 15.1. The van der Waals surface area contributed by atoms with Gasteiger partial charge in [-0.15, -0.1) is 0 Å². The SMILES string of the molecule is C=C(/C=C(\C)N=C(C)c1ccc(N(C)C)cc1)/C=C(\C)C(=C)/C=C\C(=C)C(C)=Nc1ccc(N(C)C)cc1. The third-order valence-corrected chi connectivity index (χ3v) is 6.06. The monoisotopic (exact) mass is 506 g/mol. The van der Waals surface area contributed by atoms with Gasteiger partial charge >= 0.3 is 0 Å². The van der Waals surface area contributed by atoms with Gasteiger partial charge in [-0.1, -0.05) is 50.1 Å². The van der Waals surface area contributed by atoms with E-state index in [1.165, 1.54) is 0 Å². The molecule has 2 aromatic carbocycles. The number of nitrogens with zero attached hydrogens (tertiary/aromatic N) is 4. The predicted molar refractivity (Wildman–Crippen MR) is 171 cm³/mol. The van der Waals surface area contributed by atoms with Gasteiger partial charge in [0.25, 0.3) is 0 Å². The van der Waals surface area contributed by atoms with E-state index in [-0.39, 0.29) is 0 Å². The molecule has 0 N–H and O–H groups in total. The summed E-state index contributed by atoms with van der Waals surface area (Å²) >= 11 is 0. The first kappa shape index (κ1) is 30.0. The molecule has 4 nitrogen and oxygen atoms in total. The minimum absolute atomic E-state index is 0.841. The normalized spacial score (nSPS) is 13.1. The van der Waals surface area contributed by atoms with E-state index >= 15 is 0 Å². The zero-order valence-corrected chi connectivity index (χ0v) is 24.3.